The predicted octanol–water partition coefficient (Wildman–Crippen LogP) is 1.73. The van der Waals surface area contributed by atoms with E-state index < -0.39 is 12.0 Å². The zero-order chi connectivity index (χ0) is 24.1. The Balaban J connectivity index is 1.47. The maximum absolute atomic E-state index is 13.4. The van der Waals surface area contributed by atoms with E-state index in [0.29, 0.717) is 59.4 Å². The first kappa shape index (κ1) is 23.8. The summed E-state index contributed by atoms with van der Waals surface area (Å²) < 4.78 is 5.15. The van der Waals surface area contributed by atoms with Gasteiger partial charge in [-0.3, -0.25) is 29.6 Å². The first-order chi connectivity index (χ1) is 16.5. The van der Waals surface area contributed by atoms with Gasteiger partial charge in [0, 0.05) is 12.6 Å². The number of hydrogen-bond donors (Lipinski definition) is 3. The van der Waals surface area contributed by atoms with Crippen molar-refractivity contribution in [3.05, 3.63) is 24.4 Å². The minimum atomic E-state index is -0.726. The topological polar surface area (TPSA) is 137 Å². The molecule has 11 heteroatoms. The Morgan fingerprint density at radius 2 is 2.12 bits per heavy atom. The molecule has 2 fully saturated rings. The van der Waals surface area contributed by atoms with E-state index in [1.54, 1.807) is 24.4 Å². The minimum absolute atomic E-state index is 0.104. The van der Waals surface area contributed by atoms with E-state index in [4.69, 9.17) is 4.74 Å². The molecule has 11 nitrogen and oxygen atoms in total. The number of aromatic nitrogens is 2. The molecule has 2 unspecified atom stereocenters. The van der Waals surface area contributed by atoms with Crippen molar-refractivity contribution < 1.29 is 24.3 Å². The van der Waals surface area contributed by atoms with Gasteiger partial charge in [-0.2, -0.15) is 0 Å². The molecule has 0 bridgehead atoms. The van der Waals surface area contributed by atoms with Crippen molar-refractivity contribution in [1.82, 2.24) is 25.5 Å². The number of carbonyl (C=O) groups is 3. The van der Waals surface area contributed by atoms with Gasteiger partial charge in [0.25, 0.3) is 0 Å². The van der Waals surface area contributed by atoms with Crippen LogP contribution in [0, 0.1) is 11.8 Å². The van der Waals surface area contributed by atoms with Crippen LogP contribution in [0.15, 0.2) is 24.4 Å². The number of fused-ring (bicyclic) bond motifs is 1. The van der Waals surface area contributed by atoms with Gasteiger partial charge in [0.05, 0.1) is 42.5 Å². The molecule has 3 N–H and O–H groups in total. The van der Waals surface area contributed by atoms with Gasteiger partial charge in [-0.15, -0.1) is 0 Å². The van der Waals surface area contributed by atoms with Crippen LogP contribution in [0.3, 0.4) is 0 Å². The average Bonchev–Trinajstić information content (AvgIpc) is 3.55. The second kappa shape index (κ2) is 10.7. The van der Waals surface area contributed by atoms with Crippen molar-refractivity contribution in [3.8, 4) is 5.88 Å². The Morgan fingerprint density at radius 3 is 2.85 bits per heavy atom. The fourth-order valence-corrected chi connectivity index (χ4v) is 4.80. The van der Waals surface area contributed by atoms with E-state index in [1.807, 2.05) is 0 Å². The van der Waals surface area contributed by atoms with E-state index in [-0.39, 0.29) is 18.4 Å². The van der Waals surface area contributed by atoms with Crippen molar-refractivity contribution in [2.24, 2.45) is 11.8 Å². The van der Waals surface area contributed by atoms with Gasteiger partial charge in [-0.05, 0) is 30.9 Å². The molecule has 1 aliphatic heterocycles. The van der Waals surface area contributed by atoms with Gasteiger partial charge in [0.15, 0.2) is 0 Å². The lowest BCUT2D eigenvalue weighted by Crippen LogP contribution is -2.51. The van der Waals surface area contributed by atoms with Crippen LogP contribution >= 0.6 is 0 Å². The number of amides is 3. The van der Waals surface area contributed by atoms with Crippen molar-refractivity contribution in [2.45, 2.75) is 44.6 Å². The highest BCUT2D eigenvalue weighted by Gasteiger charge is 2.39. The standard InChI is InChI=1S/C23H30N6O5/c1-34-21-7-6-18-19(27-21)11-17(12-24-18)26-22(31)20-8-9-25-29(20)23(32)16(13-28(33)14-30)10-15-4-2-3-5-15/h6-7,11-12,14-16,20,25,33H,2-5,8-10,13H2,1H3,(H,26,31). The molecule has 2 atom stereocenters. The lowest BCUT2D eigenvalue weighted by atomic mass is 9.92. The van der Waals surface area contributed by atoms with Gasteiger partial charge in [0.1, 0.15) is 6.04 Å². The first-order valence-corrected chi connectivity index (χ1v) is 11.6. The highest BCUT2D eigenvalue weighted by molar-refractivity contribution is 5.98. The summed E-state index contributed by atoms with van der Waals surface area (Å²) >= 11 is 0. The van der Waals surface area contributed by atoms with E-state index >= 15 is 0 Å². The summed E-state index contributed by atoms with van der Waals surface area (Å²) in [5, 5.41) is 14.4. The van der Waals surface area contributed by atoms with Crippen molar-refractivity contribution in [2.75, 3.05) is 25.5 Å². The van der Waals surface area contributed by atoms with Crippen LogP contribution in [0.2, 0.25) is 0 Å². The highest BCUT2D eigenvalue weighted by Crippen LogP contribution is 2.32. The zero-order valence-corrected chi connectivity index (χ0v) is 19.1. The largest absolute Gasteiger partial charge is 0.481 e. The number of methoxy groups -OCH3 is 1. The fourth-order valence-electron chi connectivity index (χ4n) is 4.80. The summed E-state index contributed by atoms with van der Waals surface area (Å²) in [4.78, 5) is 46.1. The summed E-state index contributed by atoms with van der Waals surface area (Å²) in [7, 11) is 1.52. The van der Waals surface area contributed by atoms with Gasteiger partial charge in [-0.25, -0.2) is 15.5 Å². The van der Waals surface area contributed by atoms with Crippen LogP contribution in [0.4, 0.5) is 5.69 Å². The molecule has 2 aromatic rings. The number of anilines is 1. The smallest absolute Gasteiger partial charge is 0.248 e. The predicted molar refractivity (Wildman–Crippen MR) is 123 cm³/mol. The minimum Gasteiger partial charge on any atom is -0.481 e. The molecule has 3 amide bonds. The number of rotatable bonds is 9. The third-order valence-corrected chi connectivity index (χ3v) is 6.51. The van der Waals surface area contributed by atoms with Crippen molar-refractivity contribution in [3.63, 3.8) is 0 Å². The summed E-state index contributed by atoms with van der Waals surface area (Å²) in [5.74, 6) is -0.432. The fraction of sp³-hybridized carbons (Fsp3) is 0.522. The normalized spacial score (nSPS) is 19.2. The van der Waals surface area contributed by atoms with E-state index in [1.165, 1.54) is 12.1 Å². The number of nitrogens with zero attached hydrogens (tertiary/aromatic N) is 4. The number of pyridine rings is 2. The molecule has 182 valence electrons. The quantitative estimate of drug-likeness (QED) is 0.286. The Morgan fingerprint density at radius 1 is 1.32 bits per heavy atom. The number of nitrogens with one attached hydrogen (secondary N) is 2. The monoisotopic (exact) mass is 470 g/mol. The van der Waals surface area contributed by atoms with E-state index in [0.717, 1.165) is 25.7 Å². The maximum Gasteiger partial charge on any atom is 0.248 e. The number of hydroxylamine groups is 2. The zero-order valence-electron chi connectivity index (χ0n) is 19.1. The number of hydrogen-bond acceptors (Lipinski definition) is 8. The molecule has 2 aromatic heterocycles. The van der Waals surface area contributed by atoms with Gasteiger partial charge >= 0.3 is 0 Å². The molecule has 1 saturated heterocycles. The molecule has 4 rings (SSSR count). The molecular formula is C23H30N6O5. The number of carbonyl (C=O) groups excluding carboxylic acids is 3. The van der Waals surface area contributed by atoms with Crippen LogP contribution in [0.5, 0.6) is 5.88 Å². The molecule has 1 saturated carbocycles. The highest BCUT2D eigenvalue weighted by atomic mass is 16.5. The van der Waals surface area contributed by atoms with E-state index in [2.05, 4.69) is 20.7 Å². The summed E-state index contributed by atoms with van der Waals surface area (Å²) in [6, 6.07) is 4.47. The van der Waals surface area contributed by atoms with Crippen LogP contribution in [-0.4, -0.2) is 69.7 Å². The third-order valence-electron chi connectivity index (χ3n) is 6.51. The molecular weight excluding hydrogens is 440 g/mol. The third kappa shape index (κ3) is 5.42. The van der Waals surface area contributed by atoms with Crippen LogP contribution in [-0.2, 0) is 14.4 Å². The van der Waals surface area contributed by atoms with Gasteiger partial charge in [-0.1, -0.05) is 25.7 Å². The summed E-state index contributed by atoms with van der Waals surface area (Å²) in [6.07, 6.45) is 7.15. The Labute approximate surface area is 197 Å². The number of ether oxygens (including phenoxy) is 1. The summed E-state index contributed by atoms with van der Waals surface area (Å²) in [6.45, 7) is 0.360. The number of hydrazine groups is 1. The Hall–Kier alpha value is -3.31. The Kier molecular flexibility index (Phi) is 7.53. The second-order valence-corrected chi connectivity index (χ2v) is 8.84. The molecule has 0 radical (unpaired) electrons. The molecule has 34 heavy (non-hydrogen) atoms. The van der Waals surface area contributed by atoms with Gasteiger partial charge in [0.2, 0.25) is 24.1 Å². The van der Waals surface area contributed by atoms with Crippen LogP contribution in [0.1, 0.15) is 38.5 Å². The molecule has 3 heterocycles. The SMILES string of the molecule is COc1ccc2ncc(NC(=O)C3CCNN3C(=O)C(CC3CCCC3)CN(O)C=O)cc2n1. The average molecular weight is 471 g/mol. The Bertz CT molecular complexity index is 1040. The lowest BCUT2D eigenvalue weighted by Gasteiger charge is -2.29. The van der Waals surface area contributed by atoms with E-state index in [9.17, 15) is 19.6 Å². The van der Waals surface area contributed by atoms with Crippen LogP contribution in [0.25, 0.3) is 11.0 Å². The van der Waals surface area contributed by atoms with Crippen molar-refractivity contribution in [1.29, 1.82) is 0 Å². The van der Waals surface area contributed by atoms with Crippen molar-refractivity contribution >= 4 is 34.9 Å². The molecule has 1 aliphatic carbocycles. The molecule has 0 spiro atoms. The lowest BCUT2D eigenvalue weighted by molar-refractivity contribution is -0.159. The molecule has 0 aromatic carbocycles. The van der Waals surface area contributed by atoms with Gasteiger partial charge < -0.3 is 10.1 Å². The van der Waals surface area contributed by atoms with Crippen LogP contribution < -0.4 is 15.5 Å². The first-order valence-electron chi connectivity index (χ1n) is 11.6. The molecule has 2 aliphatic rings. The maximum atomic E-state index is 13.4. The second-order valence-electron chi connectivity index (χ2n) is 8.84. The summed E-state index contributed by atoms with van der Waals surface area (Å²) in [5.41, 5.74) is 4.70.